The van der Waals surface area contributed by atoms with E-state index in [9.17, 15) is 18.3 Å². The predicted octanol–water partition coefficient (Wildman–Crippen LogP) is 3.36. The Morgan fingerprint density at radius 3 is 2.48 bits per heavy atom. The van der Waals surface area contributed by atoms with Gasteiger partial charge >= 0.3 is 6.36 Å². The molecule has 0 saturated carbocycles. The molecule has 114 valence electrons. The summed E-state index contributed by atoms with van der Waals surface area (Å²) in [5.74, 6) is -0.475. The number of benzene rings is 1. The normalized spacial score (nSPS) is 13.3. The van der Waals surface area contributed by atoms with Gasteiger partial charge in [-0.05, 0) is 13.0 Å². The maximum atomic E-state index is 12.4. The summed E-state index contributed by atoms with van der Waals surface area (Å²) in [6, 6.07) is 5.36. The maximum Gasteiger partial charge on any atom is 0.573 e. The molecule has 0 spiro atoms. The number of halogens is 4. The molecule has 4 nitrogen and oxygen atoms in total. The number of aryl methyl sites for hydroxylation is 2. The lowest BCUT2D eigenvalue weighted by Gasteiger charge is -2.17. The fourth-order valence-corrected chi connectivity index (χ4v) is 2.31. The molecular formula is C13H12ClF3N2O2. The summed E-state index contributed by atoms with van der Waals surface area (Å²) in [7, 11) is 1.57. The van der Waals surface area contributed by atoms with E-state index >= 15 is 0 Å². The van der Waals surface area contributed by atoms with E-state index < -0.39 is 18.2 Å². The van der Waals surface area contributed by atoms with Gasteiger partial charge in [-0.2, -0.15) is 5.10 Å². The van der Waals surface area contributed by atoms with Crippen LogP contribution < -0.4 is 4.74 Å². The van der Waals surface area contributed by atoms with Gasteiger partial charge in [0.25, 0.3) is 0 Å². The third-order valence-corrected chi connectivity index (χ3v) is 3.36. The summed E-state index contributed by atoms with van der Waals surface area (Å²) in [6.07, 6.45) is -6.21. The Morgan fingerprint density at radius 1 is 1.33 bits per heavy atom. The van der Waals surface area contributed by atoms with Gasteiger partial charge in [-0.15, -0.1) is 13.2 Å². The van der Waals surface area contributed by atoms with E-state index in [1.54, 1.807) is 14.0 Å². The standard InChI is InChI=1S/C13H12ClF3N2O2/c1-7-10(12(14)19(2)18-7)11(20)8-5-3-4-6-9(8)21-13(15,16)17/h3-6,11,20H,1-2H3. The largest absolute Gasteiger partial charge is 0.573 e. The zero-order valence-electron chi connectivity index (χ0n) is 11.1. The molecule has 0 radical (unpaired) electrons. The van der Waals surface area contributed by atoms with Crippen molar-refractivity contribution in [3.05, 3.63) is 46.2 Å². The van der Waals surface area contributed by atoms with Crippen LogP contribution >= 0.6 is 11.6 Å². The average Bonchev–Trinajstić information content (AvgIpc) is 2.61. The van der Waals surface area contributed by atoms with Gasteiger partial charge in [0.15, 0.2) is 0 Å². The van der Waals surface area contributed by atoms with Gasteiger partial charge in [-0.25, -0.2) is 0 Å². The number of hydrogen-bond acceptors (Lipinski definition) is 3. The van der Waals surface area contributed by atoms with Crippen molar-refractivity contribution in [2.24, 2.45) is 7.05 Å². The van der Waals surface area contributed by atoms with Crippen LogP contribution in [0.4, 0.5) is 13.2 Å². The van der Waals surface area contributed by atoms with Crippen LogP contribution in [0.15, 0.2) is 24.3 Å². The summed E-state index contributed by atoms with van der Waals surface area (Å²) in [4.78, 5) is 0. The van der Waals surface area contributed by atoms with Gasteiger partial charge < -0.3 is 9.84 Å². The molecule has 1 N–H and O–H groups in total. The molecule has 1 heterocycles. The smallest absolute Gasteiger partial charge is 0.405 e. The molecule has 21 heavy (non-hydrogen) atoms. The van der Waals surface area contributed by atoms with Crippen molar-refractivity contribution in [2.45, 2.75) is 19.4 Å². The zero-order valence-corrected chi connectivity index (χ0v) is 11.9. The van der Waals surface area contributed by atoms with Crippen molar-refractivity contribution < 1.29 is 23.0 Å². The highest BCUT2D eigenvalue weighted by Gasteiger charge is 2.33. The molecule has 0 aliphatic heterocycles. The molecular weight excluding hydrogens is 309 g/mol. The van der Waals surface area contributed by atoms with E-state index in [-0.39, 0.29) is 16.3 Å². The molecule has 2 rings (SSSR count). The number of aliphatic hydroxyl groups is 1. The van der Waals surface area contributed by atoms with Crippen molar-refractivity contribution in [3.63, 3.8) is 0 Å². The predicted molar refractivity (Wildman–Crippen MR) is 70.1 cm³/mol. The van der Waals surface area contributed by atoms with Gasteiger partial charge in [0, 0.05) is 18.2 Å². The van der Waals surface area contributed by atoms with Crippen LogP contribution in [0.1, 0.15) is 22.9 Å². The van der Waals surface area contributed by atoms with Gasteiger partial charge in [-0.3, -0.25) is 4.68 Å². The van der Waals surface area contributed by atoms with Gasteiger partial charge in [0.2, 0.25) is 0 Å². The van der Waals surface area contributed by atoms with Gasteiger partial charge in [0.05, 0.1) is 5.69 Å². The molecule has 0 fully saturated rings. The maximum absolute atomic E-state index is 12.4. The molecule has 2 aromatic rings. The van der Waals surface area contributed by atoms with E-state index in [0.717, 1.165) is 6.07 Å². The second kappa shape index (κ2) is 5.57. The summed E-state index contributed by atoms with van der Waals surface area (Å²) < 4.78 is 42.5. The molecule has 1 atom stereocenters. The summed E-state index contributed by atoms with van der Waals surface area (Å²) in [5.41, 5.74) is 0.641. The van der Waals surface area contributed by atoms with Crippen LogP contribution in [-0.4, -0.2) is 21.2 Å². The lowest BCUT2D eigenvalue weighted by molar-refractivity contribution is -0.275. The van der Waals surface area contributed by atoms with E-state index in [2.05, 4.69) is 9.84 Å². The van der Waals surface area contributed by atoms with E-state index in [0.29, 0.717) is 5.69 Å². The first-order valence-electron chi connectivity index (χ1n) is 5.92. The first-order chi connectivity index (χ1) is 9.70. The number of alkyl halides is 3. The molecule has 0 amide bonds. The summed E-state index contributed by atoms with van der Waals surface area (Å²) in [5, 5.41) is 14.5. The van der Waals surface area contributed by atoms with E-state index in [4.69, 9.17) is 11.6 Å². The molecule has 1 aromatic carbocycles. The fourth-order valence-electron chi connectivity index (χ4n) is 2.04. The van der Waals surface area contributed by atoms with Crippen molar-refractivity contribution in [3.8, 4) is 5.75 Å². The average molecular weight is 321 g/mol. The Bertz CT molecular complexity index is 655. The first kappa shape index (κ1) is 15.7. The van der Waals surface area contributed by atoms with Crippen LogP contribution in [0.25, 0.3) is 0 Å². The van der Waals surface area contributed by atoms with E-state index in [1.165, 1.54) is 22.9 Å². The Kier molecular flexibility index (Phi) is 4.15. The van der Waals surface area contributed by atoms with Gasteiger partial charge in [0.1, 0.15) is 17.0 Å². The molecule has 8 heteroatoms. The Hall–Kier alpha value is -1.73. The van der Waals surface area contributed by atoms with Crippen molar-refractivity contribution in [1.82, 2.24) is 9.78 Å². The lowest BCUT2D eigenvalue weighted by atomic mass is 10.0. The number of para-hydroxylation sites is 1. The number of nitrogens with zero attached hydrogens (tertiary/aromatic N) is 2. The molecule has 0 aliphatic rings. The number of aliphatic hydroxyl groups excluding tert-OH is 1. The minimum atomic E-state index is -4.84. The molecule has 1 aromatic heterocycles. The zero-order chi connectivity index (χ0) is 15.8. The number of rotatable bonds is 3. The third kappa shape index (κ3) is 3.30. The molecule has 0 bridgehead atoms. The minimum absolute atomic E-state index is 0.0344. The van der Waals surface area contributed by atoms with E-state index in [1.807, 2.05) is 0 Å². The van der Waals surface area contributed by atoms with Crippen molar-refractivity contribution >= 4 is 11.6 Å². The second-order valence-corrected chi connectivity index (χ2v) is 4.76. The fraction of sp³-hybridized carbons (Fsp3) is 0.308. The Morgan fingerprint density at radius 2 is 1.95 bits per heavy atom. The monoisotopic (exact) mass is 320 g/mol. The van der Waals surface area contributed by atoms with Crippen LogP contribution in [0.3, 0.4) is 0 Å². The van der Waals surface area contributed by atoms with Crippen LogP contribution in [-0.2, 0) is 7.05 Å². The lowest BCUT2D eigenvalue weighted by Crippen LogP contribution is -2.19. The van der Waals surface area contributed by atoms with Crippen molar-refractivity contribution in [1.29, 1.82) is 0 Å². The summed E-state index contributed by atoms with van der Waals surface area (Å²) >= 11 is 6.02. The molecule has 0 saturated heterocycles. The number of ether oxygens (including phenoxy) is 1. The molecule has 0 aliphatic carbocycles. The first-order valence-corrected chi connectivity index (χ1v) is 6.30. The van der Waals surface area contributed by atoms with Crippen LogP contribution in [0, 0.1) is 6.92 Å². The van der Waals surface area contributed by atoms with Gasteiger partial charge in [-0.1, -0.05) is 29.8 Å². The highest BCUT2D eigenvalue weighted by molar-refractivity contribution is 6.30. The minimum Gasteiger partial charge on any atom is -0.405 e. The van der Waals surface area contributed by atoms with Crippen LogP contribution in [0.2, 0.25) is 5.15 Å². The molecule has 1 unspecified atom stereocenters. The van der Waals surface area contributed by atoms with Crippen LogP contribution in [0.5, 0.6) is 5.75 Å². The quantitative estimate of drug-likeness (QED) is 0.943. The third-order valence-electron chi connectivity index (χ3n) is 2.91. The highest BCUT2D eigenvalue weighted by Crippen LogP contribution is 2.36. The number of hydrogen-bond donors (Lipinski definition) is 1. The Balaban J connectivity index is 2.46. The summed E-state index contributed by atoms with van der Waals surface area (Å²) in [6.45, 7) is 1.61. The number of aromatic nitrogens is 2. The Labute approximate surface area is 123 Å². The SMILES string of the molecule is Cc1nn(C)c(Cl)c1C(O)c1ccccc1OC(F)(F)F. The topological polar surface area (TPSA) is 47.3 Å². The second-order valence-electron chi connectivity index (χ2n) is 4.40. The highest BCUT2D eigenvalue weighted by atomic mass is 35.5. The van der Waals surface area contributed by atoms with Crippen molar-refractivity contribution in [2.75, 3.05) is 0 Å².